The number of hydrogen-bond donors (Lipinski definition) is 0. The second-order valence-corrected chi connectivity index (χ2v) is 10.8. The van der Waals surface area contributed by atoms with E-state index in [1.807, 2.05) is 62.4 Å². The molecular weight excluding hydrogens is 509 g/mol. The molecular formula is C31H30F5N3. The summed E-state index contributed by atoms with van der Waals surface area (Å²) >= 11 is 0. The van der Waals surface area contributed by atoms with Crippen LogP contribution in [0.1, 0.15) is 55.9 Å². The summed E-state index contributed by atoms with van der Waals surface area (Å²) in [5.74, 6) is -3.37. The Labute approximate surface area is 225 Å². The minimum Gasteiger partial charge on any atom is -0.378 e. The van der Waals surface area contributed by atoms with E-state index in [-0.39, 0.29) is 5.69 Å². The molecule has 39 heavy (non-hydrogen) atoms. The molecule has 0 radical (unpaired) electrons. The second kappa shape index (κ2) is 10.1. The minimum absolute atomic E-state index is 0.0342. The molecule has 2 aromatic carbocycles. The van der Waals surface area contributed by atoms with Gasteiger partial charge in [-0.15, -0.1) is 0 Å². The molecule has 0 aliphatic rings. The summed E-state index contributed by atoms with van der Waals surface area (Å²) in [7, 11) is 3.53. The number of benzene rings is 2. The maximum Gasteiger partial charge on any atom is 0.422 e. The van der Waals surface area contributed by atoms with E-state index in [1.54, 1.807) is 25.1 Å². The zero-order chi connectivity index (χ0) is 28.8. The molecule has 0 unspecified atom stereocenters. The Morgan fingerprint density at radius 1 is 0.667 bits per heavy atom. The van der Waals surface area contributed by atoms with Crippen LogP contribution in [-0.4, -0.2) is 24.1 Å². The molecule has 3 nitrogen and oxygen atoms in total. The molecule has 4 aromatic rings. The van der Waals surface area contributed by atoms with Crippen LogP contribution in [-0.2, 0) is 17.0 Å². The van der Waals surface area contributed by atoms with Gasteiger partial charge >= 0.3 is 6.18 Å². The smallest absolute Gasteiger partial charge is 0.378 e. The van der Waals surface area contributed by atoms with Crippen LogP contribution < -0.4 is 4.90 Å². The van der Waals surface area contributed by atoms with Crippen molar-refractivity contribution in [2.24, 2.45) is 0 Å². The van der Waals surface area contributed by atoms with Crippen molar-refractivity contribution < 1.29 is 22.0 Å². The van der Waals surface area contributed by atoms with Gasteiger partial charge in [-0.25, -0.2) is 8.78 Å². The van der Waals surface area contributed by atoms with E-state index >= 15 is 4.39 Å². The van der Waals surface area contributed by atoms with E-state index in [4.69, 9.17) is 4.98 Å². The molecule has 2 heterocycles. The molecule has 0 aliphatic heterocycles. The standard InChI is InChI=1S/C31H30F5N3/c1-29(2,19-11-8-7-9-12-19)24-13-10-14-25(38-24)30(3,4)26-18-20(39(5)6)17-23(37-26)21-15-16-22(32)27(28(21)33)31(34,35)36/h7-18H,1-6H3. The fourth-order valence-corrected chi connectivity index (χ4v) is 4.51. The Kier molecular flexibility index (Phi) is 7.27. The number of anilines is 1. The molecule has 0 spiro atoms. The lowest BCUT2D eigenvalue weighted by Crippen LogP contribution is -2.27. The number of hydrogen-bond acceptors (Lipinski definition) is 3. The summed E-state index contributed by atoms with van der Waals surface area (Å²) in [5, 5.41) is 0. The number of halogens is 5. The average Bonchev–Trinajstić information content (AvgIpc) is 2.88. The lowest BCUT2D eigenvalue weighted by atomic mass is 9.79. The molecule has 0 amide bonds. The Morgan fingerprint density at radius 3 is 1.87 bits per heavy atom. The number of aromatic nitrogens is 2. The SMILES string of the molecule is CN(C)c1cc(-c2ccc(F)c(C(F)(F)F)c2F)nc(C(C)(C)c2cccc(C(C)(C)c3ccccc3)n2)c1. The second-order valence-electron chi connectivity index (χ2n) is 10.8. The van der Waals surface area contributed by atoms with Crippen LogP contribution in [0.15, 0.2) is 72.8 Å². The van der Waals surface area contributed by atoms with Crippen LogP contribution in [0.2, 0.25) is 0 Å². The van der Waals surface area contributed by atoms with Gasteiger partial charge in [-0.2, -0.15) is 13.2 Å². The first-order valence-corrected chi connectivity index (χ1v) is 12.4. The highest BCUT2D eigenvalue weighted by Gasteiger charge is 2.39. The van der Waals surface area contributed by atoms with Gasteiger partial charge in [0.15, 0.2) is 0 Å². The Bertz CT molecular complexity index is 1490. The zero-order valence-electron chi connectivity index (χ0n) is 22.7. The summed E-state index contributed by atoms with van der Waals surface area (Å²) in [6.07, 6.45) is -5.19. The first kappa shape index (κ1) is 28.2. The molecule has 0 aliphatic carbocycles. The van der Waals surface area contributed by atoms with Gasteiger partial charge in [0, 0.05) is 36.2 Å². The van der Waals surface area contributed by atoms with E-state index < -0.39 is 39.8 Å². The summed E-state index contributed by atoms with van der Waals surface area (Å²) in [5.41, 5.74) is 0.0747. The molecule has 8 heteroatoms. The van der Waals surface area contributed by atoms with Gasteiger partial charge in [0.2, 0.25) is 0 Å². The van der Waals surface area contributed by atoms with E-state index in [2.05, 4.69) is 18.8 Å². The molecule has 2 aromatic heterocycles. The summed E-state index contributed by atoms with van der Waals surface area (Å²) in [4.78, 5) is 11.3. The number of alkyl halides is 3. The van der Waals surface area contributed by atoms with Crippen molar-refractivity contribution in [1.29, 1.82) is 0 Å². The highest BCUT2D eigenvalue weighted by molar-refractivity contribution is 5.67. The number of rotatable bonds is 6. The van der Waals surface area contributed by atoms with Gasteiger partial charge in [-0.3, -0.25) is 9.97 Å². The normalized spacial score (nSPS) is 12.5. The van der Waals surface area contributed by atoms with Gasteiger partial charge in [0.25, 0.3) is 0 Å². The van der Waals surface area contributed by atoms with Gasteiger partial charge in [-0.1, -0.05) is 50.2 Å². The van der Waals surface area contributed by atoms with E-state index in [0.29, 0.717) is 23.1 Å². The first-order valence-electron chi connectivity index (χ1n) is 12.4. The van der Waals surface area contributed by atoms with Crippen LogP contribution in [0.3, 0.4) is 0 Å². The maximum absolute atomic E-state index is 15.1. The molecule has 0 bridgehead atoms. The summed E-state index contributed by atoms with van der Waals surface area (Å²) < 4.78 is 69.4. The zero-order valence-corrected chi connectivity index (χ0v) is 22.7. The van der Waals surface area contributed by atoms with Crippen LogP contribution in [0.4, 0.5) is 27.6 Å². The quantitative estimate of drug-likeness (QED) is 0.232. The van der Waals surface area contributed by atoms with Crippen molar-refractivity contribution in [3.63, 3.8) is 0 Å². The van der Waals surface area contributed by atoms with Gasteiger partial charge in [0.1, 0.15) is 17.2 Å². The van der Waals surface area contributed by atoms with Crippen LogP contribution in [0.25, 0.3) is 11.3 Å². The van der Waals surface area contributed by atoms with Gasteiger partial charge in [-0.05, 0) is 55.8 Å². The van der Waals surface area contributed by atoms with Crippen LogP contribution in [0.5, 0.6) is 0 Å². The Balaban J connectivity index is 1.87. The predicted octanol–water partition coefficient (Wildman–Crippen LogP) is 8.16. The van der Waals surface area contributed by atoms with Gasteiger partial charge in [0.05, 0.1) is 22.8 Å². The highest BCUT2D eigenvalue weighted by Crippen LogP contribution is 2.40. The minimum atomic E-state index is -5.19. The average molecular weight is 540 g/mol. The van der Waals surface area contributed by atoms with Crippen molar-refractivity contribution >= 4 is 5.69 Å². The molecule has 0 atom stereocenters. The monoisotopic (exact) mass is 539 g/mol. The highest BCUT2D eigenvalue weighted by atomic mass is 19.4. The van der Waals surface area contributed by atoms with Crippen molar-refractivity contribution in [3.05, 3.63) is 113 Å². The van der Waals surface area contributed by atoms with E-state index in [9.17, 15) is 17.6 Å². The molecule has 0 saturated carbocycles. The molecule has 204 valence electrons. The number of pyridine rings is 2. The molecule has 0 fully saturated rings. The van der Waals surface area contributed by atoms with E-state index in [0.717, 1.165) is 17.3 Å². The topological polar surface area (TPSA) is 29.0 Å². The Morgan fingerprint density at radius 2 is 1.28 bits per heavy atom. The lowest BCUT2D eigenvalue weighted by Gasteiger charge is -2.30. The van der Waals surface area contributed by atoms with Crippen LogP contribution in [0, 0.1) is 11.6 Å². The maximum atomic E-state index is 15.1. The third kappa shape index (κ3) is 5.37. The lowest BCUT2D eigenvalue weighted by molar-refractivity contribution is -0.142. The first-order chi connectivity index (χ1) is 18.1. The largest absolute Gasteiger partial charge is 0.422 e. The molecule has 0 saturated heterocycles. The third-order valence-electron chi connectivity index (χ3n) is 7.14. The number of nitrogens with zero attached hydrogens (tertiary/aromatic N) is 3. The fraction of sp³-hybridized carbons (Fsp3) is 0.290. The van der Waals surface area contributed by atoms with Crippen molar-refractivity contribution in [2.75, 3.05) is 19.0 Å². The predicted molar refractivity (Wildman–Crippen MR) is 144 cm³/mol. The van der Waals surface area contributed by atoms with E-state index in [1.165, 1.54) is 6.07 Å². The van der Waals surface area contributed by atoms with Crippen molar-refractivity contribution in [2.45, 2.75) is 44.7 Å². The summed E-state index contributed by atoms with van der Waals surface area (Å²) in [6, 6.07) is 20.6. The molecule has 0 N–H and O–H groups in total. The Hall–Kier alpha value is -3.81. The van der Waals surface area contributed by atoms with Crippen molar-refractivity contribution in [3.8, 4) is 11.3 Å². The fourth-order valence-electron chi connectivity index (χ4n) is 4.51. The van der Waals surface area contributed by atoms with Crippen LogP contribution >= 0.6 is 0 Å². The van der Waals surface area contributed by atoms with Gasteiger partial charge < -0.3 is 4.90 Å². The summed E-state index contributed by atoms with van der Waals surface area (Å²) in [6.45, 7) is 7.98. The third-order valence-corrected chi connectivity index (χ3v) is 7.14. The van der Waals surface area contributed by atoms with Crippen molar-refractivity contribution in [1.82, 2.24) is 9.97 Å². The molecule has 4 rings (SSSR count).